The second-order valence-electron chi connectivity index (χ2n) is 7.28. The molecule has 6 nitrogen and oxygen atoms in total. The summed E-state index contributed by atoms with van der Waals surface area (Å²) in [5, 5.41) is 7.35. The molecule has 0 atom stereocenters. The number of benzene rings is 1. The van der Waals surface area contributed by atoms with Crippen LogP contribution in [0.5, 0.6) is 0 Å². The van der Waals surface area contributed by atoms with Crippen molar-refractivity contribution >= 4 is 11.6 Å². The van der Waals surface area contributed by atoms with Crippen LogP contribution < -0.4 is 10.2 Å². The molecule has 1 amide bonds. The maximum atomic E-state index is 13.1. The zero-order valence-electron chi connectivity index (χ0n) is 15.9. The molecule has 1 aliphatic rings. The second kappa shape index (κ2) is 7.42. The van der Waals surface area contributed by atoms with Crippen LogP contribution in [-0.2, 0) is 19.6 Å². The number of carbonyl (C=O) groups excluding carboxylic acids is 1. The second-order valence-corrected chi connectivity index (χ2v) is 7.28. The fourth-order valence-corrected chi connectivity index (χ4v) is 3.36. The van der Waals surface area contributed by atoms with Gasteiger partial charge in [0.25, 0.3) is 5.91 Å². The molecule has 4 rings (SSSR count). The molecule has 0 saturated heterocycles. The summed E-state index contributed by atoms with van der Waals surface area (Å²) >= 11 is 0. The average molecular weight is 379 g/mol. The van der Waals surface area contributed by atoms with Gasteiger partial charge in [-0.3, -0.25) is 14.5 Å². The van der Waals surface area contributed by atoms with Crippen LogP contribution in [-0.4, -0.2) is 26.7 Å². The standard InChI is InChI=1S/C21H22FN5O/c1-14(2)25-21(28)19-9-18(7-8-23-19)26-12-16-10-24-27(20(16)13-26)11-15-3-5-17(22)6-4-15/h3-10,14H,11-13H2,1-2H3,(H,25,28). The Kier molecular flexibility index (Phi) is 4.81. The fraction of sp³-hybridized carbons (Fsp3) is 0.286. The number of hydrogen-bond acceptors (Lipinski definition) is 4. The molecule has 1 aromatic carbocycles. The number of fused-ring (bicyclic) bond motifs is 1. The maximum Gasteiger partial charge on any atom is 0.270 e. The van der Waals surface area contributed by atoms with E-state index in [4.69, 9.17) is 0 Å². The first kappa shape index (κ1) is 18.2. The third-order valence-corrected chi connectivity index (χ3v) is 4.74. The van der Waals surface area contributed by atoms with Crippen molar-refractivity contribution in [2.75, 3.05) is 4.90 Å². The van der Waals surface area contributed by atoms with Crippen molar-refractivity contribution in [1.29, 1.82) is 0 Å². The van der Waals surface area contributed by atoms with Crippen LogP contribution in [0.2, 0.25) is 0 Å². The zero-order chi connectivity index (χ0) is 19.7. The van der Waals surface area contributed by atoms with E-state index in [1.807, 2.05) is 36.9 Å². The summed E-state index contributed by atoms with van der Waals surface area (Å²) in [6, 6.07) is 10.3. The number of rotatable bonds is 5. The van der Waals surface area contributed by atoms with E-state index in [1.54, 1.807) is 18.3 Å². The SMILES string of the molecule is CC(C)NC(=O)c1cc(N2Cc3cnn(Cc4ccc(F)cc4)c3C2)ccn1. The van der Waals surface area contributed by atoms with Gasteiger partial charge in [0.1, 0.15) is 11.5 Å². The van der Waals surface area contributed by atoms with Crippen LogP contribution in [0.3, 0.4) is 0 Å². The van der Waals surface area contributed by atoms with Gasteiger partial charge in [0.05, 0.1) is 25.0 Å². The average Bonchev–Trinajstić information content (AvgIpc) is 3.25. The van der Waals surface area contributed by atoms with Gasteiger partial charge in [-0.1, -0.05) is 12.1 Å². The van der Waals surface area contributed by atoms with E-state index in [9.17, 15) is 9.18 Å². The van der Waals surface area contributed by atoms with Crippen LogP contribution in [0.15, 0.2) is 48.8 Å². The molecule has 3 heterocycles. The Balaban J connectivity index is 1.50. The predicted octanol–water partition coefficient (Wildman–Crippen LogP) is 3.12. The van der Waals surface area contributed by atoms with Gasteiger partial charge in [0.15, 0.2) is 0 Å². The molecule has 144 valence electrons. The molecule has 2 aromatic heterocycles. The van der Waals surface area contributed by atoms with E-state index >= 15 is 0 Å². The highest BCUT2D eigenvalue weighted by molar-refractivity contribution is 5.93. The van der Waals surface area contributed by atoms with E-state index in [0.29, 0.717) is 18.8 Å². The number of nitrogens with one attached hydrogen (secondary N) is 1. The van der Waals surface area contributed by atoms with Crippen molar-refractivity contribution in [3.8, 4) is 0 Å². The summed E-state index contributed by atoms with van der Waals surface area (Å²) < 4.78 is 15.1. The van der Waals surface area contributed by atoms with Crippen LogP contribution >= 0.6 is 0 Å². The van der Waals surface area contributed by atoms with Crippen molar-refractivity contribution < 1.29 is 9.18 Å². The minimum absolute atomic E-state index is 0.0615. The lowest BCUT2D eigenvalue weighted by molar-refractivity contribution is 0.0938. The largest absolute Gasteiger partial charge is 0.361 e. The molecule has 0 bridgehead atoms. The van der Waals surface area contributed by atoms with Crippen molar-refractivity contribution in [2.24, 2.45) is 0 Å². The van der Waals surface area contributed by atoms with Crippen LogP contribution in [0.25, 0.3) is 0 Å². The molecule has 0 unspecified atom stereocenters. The summed E-state index contributed by atoms with van der Waals surface area (Å²) in [6.45, 7) is 5.87. The first-order valence-corrected chi connectivity index (χ1v) is 9.29. The zero-order valence-corrected chi connectivity index (χ0v) is 15.9. The Morgan fingerprint density at radius 1 is 1.21 bits per heavy atom. The summed E-state index contributed by atoms with van der Waals surface area (Å²) in [4.78, 5) is 18.6. The van der Waals surface area contributed by atoms with Crippen molar-refractivity contribution in [3.63, 3.8) is 0 Å². The number of aromatic nitrogens is 3. The van der Waals surface area contributed by atoms with E-state index in [-0.39, 0.29) is 17.8 Å². The normalized spacial score (nSPS) is 13.1. The van der Waals surface area contributed by atoms with E-state index in [0.717, 1.165) is 29.1 Å². The molecule has 0 saturated carbocycles. The Hall–Kier alpha value is -3.22. The predicted molar refractivity (Wildman–Crippen MR) is 104 cm³/mol. The molecule has 0 radical (unpaired) electrons. The molecule has 1 N–H and O–H groups in total. The van der Waals surface area contributed by atoms with Gasteiger partial charge in [-0.25, -0.2) is 4.39 Å². The van der Waals surface area contributed by atoms with Gasteiger partial charge in [0, 0.05) is 30.0 Å². The molecular formula is C21H22FN5O. The first-order valence-electron chi connectivity index (χ1n) is 9.29. The monoisotopic (exact) mass is 379 g/mol. The van der Waals surface area contributed by atoms with Gasteiger partial charge in [-0.05, 0) is 43.7 Å². The lowest BCUT2D eigenvalue weighted by Gasteiger charge is -2.19. The lowest BCUT2D eigenvalue weighted by Crippen LogP contribution is -2.31. The Bertz CT molecular complexity index is 996. The van der Waals surface area contributed by atoms with E-state index in [2.05, 4.69) is 20.3 Å². The number of anilines is 1. The summed E-state index contributed by atoms with van der Waals surface area (Å²) in [6.07, 6.45) is 3.55. The third kappa shape index (κ3) is 3.74. The van der Waals surface area contributed by atoms with Gasteiger partial charge >= 0.3 is 0 Å². The quantitative estimate of drug-likeness (QED) is 0.740. The minimum Gasteiger partial charge on any atom is -0.361 e. The van der Waals surface area contributed by atoms with Crippen LogP contribution in [0.4, 0.5) is 10.1 Å². The van der Waals surface area contributed by atoms with Gasteiger partial charge in [-0.15, -0.1) is 0 Å². The Labute approximate surface area is 163 Å². The molecule has 0 spiro atoms. The van der Waals surface area contributed by atoms with E-state index < -0.39 is 0 Å². The van der Waals surface area contributed by atoms with Gasteiger partial charge in [0.2, 0.25) is 0 Å². The van der Waals surface area contributed by atoms with Crippen molar-refractivity contribution in [3.05, 3.63) is 77.1 Å². The Morgan fingerprint density at radius 2 is 2.00 bits per heavy atom. The molecule has 0 aliphatic carbocycles. The number of pyridine rings is 1. The molecule has 1 aliphatic heterocycles. The number of hydrogen-bond donors (Lipinski definition) is 1. The Morgan fingerprint density at radius 3 is 2.75 bits per heavy atom. The smallest absolute Gasteiger partial charge is 0.270 e. The van der Waals surface area contributed by atoms with Crippen molar-refractivity contribution in [1.82, 2.24) is 20.1 Å². The topological polar surface area (TPSA) is 63.1 Å². The molecule has 28 heavy (non-hydrogen) atoms. The van der Waals surface area contributed by atoms with Crippen LogP contribution in [0, 0.1) is 5.82 Å². The fourth-order valence-electron chi connectivity index (χ4n) is 3.36. The third-order valence-electron chi connectivity index (χ3n) is 4.74. The maximum absolute atomic E-state index is 13.1. The molecule has 7 heteroatoms. The minimum atomic E-state index is -0.240. The number of amides is 1. The molecule has 3 aromatic rings. The van der Waals surface area contributed by atoms with Crippen LogP contribution in [0.1, 0.15) is 41.2 Å². The number of carbonyl (C=O) groups is 1. The van der Waals surface area contributed by atoms with Gasteiger partial charge in [-0.2, -0.15) is 5.10 Å². The summed E-state index contributed by atoms with van der Waals surface area (Å²) in [5.41, 5.74) is 4.66. The van der Waals surface area contributed by atoms with E-state index in [1.165, 1.54) is 12.1 Å². The number of nitrogens with zero attached hydrogens (tertiary/aromatic N) is 4. The highest BCUT2D eigenvalue weighted by Gasteiger charge is 2.24. The highest BCUT2D eigenvalue weighted by Crippen LogP contribution is 2.28. The number of halogens is 1. The van der Waals surface area contributed by atoms with Gasteiger partial charge < -0.3 is 10.2 Å². The summed E-state index contributed by atoms with van der Waals surface area (Å²) in [7, 11) is 0. The van der Waals surface area contributed by atoms with Crippen molar-refractivity contribution in [2.45, 2.75) is 39.5 Å². The lowest BCUT2D eigenvalue weighted by atomic mass is 10.2. The first-order chi connectivity index (χ1) is 13.5. The molecular weight excluding hydrogens is 357 g/mol. The summed E-state index contributed by atoms with van der Waals surface area (Å²) in [5.74, 6) is -0.410. The molecule has 0 fully saturated rings. The highest BCUT2D eigenvalue weighted by atomic mass is 19.1.